The van der Waals surface area contributed by atoms with Crippen LogP contribution in [0.1, 0.15) is 43.7 Å². The lowest BCUT2D eigenvalue weighted by atomic mass is 9.84. The maximum Gasteiger partial charge on any atom is 0.0576 e. The molecule has 1 saturated carbocycles. The molecule has 0 heterocycles. The molecule has 0 bridgehead atoms. The van der Waals surface area contributed by atoms with Gasteiger partial charge in [0, 0.05) is 10.9 Å². The van der Waals surface area contributed by atoms with Crippen molar-refractivity contribution in [3.63, 3.8) is 0 Å². The first kappa shape index (κ1) is 14.7. The average Bonchev–Trinajstić information content (AvgIpc) is 2.41. The van der Waals surface area contributed by atoms with E-state index < -0.39 is 10.8 Å². The normalized spacial score (nSPS) is 29.2. The molecule has 2 nitrogen and oxygen atoms in total. The first-order valence-corrected chi connectivity index (χ1v) is 8.47. The molecule has 3 heteroatoms. The Bertz CT molecular complexity index is 472. The van der Waals surface area contributed by atoms with Gasteiger partial charge >= 0.3 is 0 Å². The number of nitrogens with two attached hydrogens (primary N) is 1. The second kappa shape index (κ2) is 6.19. The summed E-state index contributed by atoms with van der Waals surface area (Å²) in [6.45, 7) is 6.38. The second-order valence-electron chi connectivity index (χ2n) is 5.83. The summed E-state index contributed by atoms with van der Waals surface area (Å²) in [6, 6.07) is 6.22. The maximum absolute atomic E-state index is 12.8. The fourth-order valence-electron chi connectivity index (χ4n) is 2.87. The van der Waals surface area contributed by atoms with Crippen LogP contribution in [0.2, 0.25) is 0 Å². The van der Waals surface area contributed by atoms with E-state index >= 15 is 0 Å². The van der Waals surface area contributed by atoms with Crippen LogP contribution in [0.5, 0.6) is 0 Å². The van der Waals surface area contributed by atoms with E-state index in [4.69, 9.17) is 5.73 Å². The van der Waals surface area contributed by atoms with Crippen molar-refractivity contribution in [2.24, 2.45) is 11.7 Å². The molecule has 0 spiro atoms. The molecule has 1 aliphatic rings. The molecule has 4 unspecified atom stereocenters. The summed E-state index contributed by atoms with van der Waals surface area (Å²) in [5.41, 5.74) is 8.67. The molecule has 106 valence electrons. The van der Waals surface area contributed by atoms with Crippen LogP contribution < -0.4 is 5.73 Å². The molecule has 0 saturated heterocycles. The molecule has 0 aromatic heterocycles. The van der Waals surface area contributed by atoms with Gasteiger partial charge in [0.2, 0.25) is 0 Å². The fourth-order valence-corrected chi connectivity index (χ4v) is 4.61. The number of rotatable bonds is 3. The lowest BCUT2D eigenvalue weighted by Gasteiger charge is -2.33. The van der Waals surface area contributed by atoms with Gasteiger partial charge in [0.1, 0.15) is 0 Å². The van der Waals surface area contributed by atoms with E-state index in [-0.39, 0.29) is 11.3 Å². The highest BCUT2D eigenvalue weighted by atomic mass is 32.2. The topological polar surface area (TPSA) is 43.1 Å². The second-order valence-corrected chi connectivity index (χ2v) is 7.50. The number of benzene rings is 1. The summed E-state index contributed by atoms with van der Waals surface area (Å²) < 4.78 is 12.8. The third-order valence-electron chi connectivity index (χ3n) is 4.51. The lowest BCUT2D eigenvalue weighted by Crippen LogP contribution is -2.42. The van der Waals surface area contributed by atoms with Crippen molar-refractivity contribution in [2.75, 3.05) is 0 Å². The Morgan fingerprint density at radius 3 is 2.63 bits per heavy atom. The fraction of sp³-hybridized carbons (Fsp3) is 0.625. The monoisotopic (exact) mass is 279 g/mol. The zero-order valence-corrected chi connectivity index (χ0v) is 13.0. The van der Waals surface area contributed by atoms with Crippen LogP contribution in [-0.2, 0) is 10.8 Å². The minimum Gasteiger partial charge on any atom is -0.327 e. The molecule has 1 fully saturated rings. The van der Waals surface area contributed by atoms with Crippen LogP contribution in [0.4, 0.5) is 0 Å². The van der Waals surface area contributed by atoms with Crippen LogP contribution in [0.15, 0.2) is 23.1 Å². The van der Waals surface area contributed by atoms with Gasteiger partial charge in [0.05, 0.1) is 16.0 Å². The maximum atomic E-state index is 12.8. The summed E-state index contributed by atoms with van der Waals surface area (Å²) in [7, 11) is -0.966. The van der Waals surface area contributed by atoms with Crippen molar-refractivity contribution >= 4 is 10.8 Å². The number of hydrogen-bond acceptors (Lipinski definition) is 2. The van der Waals surface area contributed by atoms with Gasteiger partial charge in [0.25, 0.3) is 0 Å². The molecule has 19 heavy (non-hydrogen) atoms. The Morgan fingerprint density at radius 1 is 1.26 bits per heavy atom. The molecule has 2 N–H and O–H groups in total. The van der Waals surface area contributed by atoms with Gasteiger partial charge < -0.3 is 5.73 Å². The molecule has 4 atom stereocenters. The third-order valence-corrected chi connectivity index (χ3v) is 6.32. The van der Waals surface area contributed by atoms with Crippen molar-refractivity contribution in [1.82, 2.24) is 0 Å². The third kappa shape index (κ3) is 3.26. The quantitative estimate of drug-likeness (QED) is 0.922. The Balaban J connectivity index is 2.19. The van der Waals surface area contributed by atoms with Crippen molar-refractivity contribution in [1.29, 1.82) is 0 Å². The van der Waals surface area contributed by atoms with Crippen LogP contribution in [0, 0.1) is 19.8 Å². The first-order valence-electron chi connectivity index (χ1n) is 7.26. The van der Waals surface area contributed by atoms with Gasteiger partial charge in [-0.1, -0.05) is 19.4 Å². The highest BCUT2D eigenvalue weighted by Gasteiger charge is 2.32. The van der Waals surface area contributed by atoms with Crippen molar-refractivity contribution in [2.45, 2.75) is 62.6 Å². The first-order chi connectivity index (χ1) is 9.02. The molecule has 0 aliphatic heterocycles. The van der Waals surface area contributed by atoms with E-state index in [1.807, 2.05) is 6.07 Å². The van der Waals surface area contributed by atoms with E-state index in [0.29, 0.717) is 5.92 Å². The van der Waals surface area contributed by atoms with E-state index in [2.05, 4.69) is 32.9 Å². The van der Waals surface area contributed by atoms with Gasteiger partial charge in [-0.3, -0.25) is 4.21 Å². The van der Waals surface area contributed by atoms with Crippen molar-refractivity contribution in [3.05, 3.63) is 29.3 Å². The lowest BCUT2D eigenvalue weighted by molar-refractivity contribution is 0.324. The van der Waals surface area contributed by atoms with Crippen molar-refractivity contribution < 1.29 is 4.21 Å². The predicted molar refractivity (Wildman–Crippen MR) is 81.7 cm³/mol. The summed E-state index contributed by atoms with van der Waals surface area (Å²) in [6.07, 6.45) is 4.39. The summed E-state index contributed by atoms with van der Waals surface area (Å²) in [5.74, 6) is 0.695. The standard InChI is InChI=1S/C16H25NOS/c1-4-13-6-8-15(17)16(10-13)19(18)14-7-5-11(2)12(3)9-14/h5,7,9,13,15-16H,4,6,8,10,17H2,1-3H3. The van der Waals surface area contributed by atoms with Gasteiger partial charge in [-0.15, -0.1) is 0 Å². The van der Waals surface area contributed by atoms with Gasteiger partial charge in [-0.25, -0.2) is 0 Å². The summed E-state index contributed by atoms with van der Waals surface area (Å²) in [4.78, 5) is 0.945. The molecule has 0 amide bonds. The smallest absolute Gasteiger partial charge is 0.0576 e. The van der Waals surface area contributed by atoms with E-state index in [9.17, 15) is 4.21 Å². The SMILES string of the molecule is CCC1CCC(N)C(S(=O)c2ccc(C)c(C)c2)C1. The molecule has 0 radical (unpaired) electrons. The molecule has 1 aromatic rings. The Hall–Kier alpha value is -0.670. The minimum atomic E-state index is -0.966. The van der Waals surface area contributed by atoms with Crippen molar-refractivity contribution in [3.8, 4) is 0 Å². The molecular formula is C16H25NOS. The van der Waals surface area contributed by atoms with Gasteiger partial charge in [-0.05, 0) is 62.3 Å². The largest absolute Gasteiger partial charge is 0.327 e. The van der Waals surface area contributed by atoms with Crippen LogP contribution in [0.3, 0.4) is 0 Å². The number of hydrogen-bond donors (Lipinski definition) is 1. The highest BCUT2D eigenvalue weighted by Crippen LogP contribution is 2.31. The average molecular weight is 279 g/mol. The van der Waals surface area contributed by atoms with E-state index in [1.54, 1.807) is 0 Å². The summed E-state index contributed by atoms with van der Waals surface area (Å²) >= 11 is 0. The molecular weight excluding hydrogens is 254 g/mol. The van der Waals surface area contributed by atoms with Crippen LogP contribution >= 0.6 is 0 Å². The van der Waals surface area contributed by atoms with E-state index in [0.717, 1.165) is 17.7 Å². The highest BCUT2D eigenvalue weighted by molar-refractivity contribution is 7.85. The summed E-state index contributed by atoms with van der Waals surface area (Å²) in [5, 5.41) is 0.126. The molecule has 1 aromatic carbocycles. The van der Waals surface area contributed by atoms with Crippen LogP contribution in [0.25, 0.3) is 0 Å². The predicted octanol–water partition coefficient (Wildman–Crippen LogP) is 3.32. The minimum absolute atomic E-state index is 0.0882. The Kier molecular flexibility index (Phi) is 4.80. The Morgan fingerprint density at radius 2 is 2.00 bits per heavy atom. The van der Waals surface area contributed by atoms with Crippen LogP contribution in [-0.4, -0.2) is 15.5 Å². The van der Waals surface area contributed by atoms with E-state index in [1.165, 1.54) is 24.0 Å². The molecule has 2 rings (SSSR count). The zero-order chi connectivity index (χ0) is 14.0. The zero-order valence-electron chi connectivity index (χ0n) is 12.2. The number of aryl methyl sites for hydroxylation is 2. The molecule has 1 aliphatic carbocycles. The Labute approximate surface area is 119 Å². The van der Waals surface area contributed by atoms with Gasteiger partial charge in [-0.2, -0.15) is 0 Å². The van der Waals surface area contributed by atoms with Gasteiger partial charge in [0.15, 0.2) is 0 Å².